The van der Waals surface area contributed by atoms with Gasteiger partial charge in [0.1, 0.15) is 0 Å². The van der Waals surface area contributed by atoms with Gasteiger partial charge in [0.2, 0.25) is 0 Å². The van der Waals surface area contributed by atoms with Gasteiger partial charge in [-0.3, -0.25) is 0 Å². The lowest BCUT2D eigenvalue weighted by Gasteiger charge is -2.04. The standard InChI is InChI=1S/C13H20/c1-4-5-6-13-10-8-11(2)7-9-12(13)3/h4-6,11H,1,7-10H2,2-3H3. The molecule has 0 heterocycles. The van der Waals surface area contributed by atoms with Crippen LogP contribution in [0.5, 0.6) is 0 Å². The second-order valence-corrected chi connectivity index (χ2v) is 4.08. The van der Waals surface area contributed by atoms with Crippen LogP contribution < -0.4 is 0 Å². The lowest BCUT2D eigenvalue weighted by Crippen LogP contribution is -1.90. The Labute approximate surface area is 82.0 Å². The van der Waals surface area contributed by atoms with Crippen molar-refractivity contribution in [2.75, 3.05) is 0 Å². The van der Waals surface area contributed by atoms with Crippen LogP contribution in [0.1, 0.15) is 39.5 Å². The maximum atomic E-state index is 3.70. The Balaban J connectivity index is 2.68. The molecule has 0 bridgehead atoms. The van der Waals surface area contributed by atoms with Crippen LogP contribution in [0.4, 0.5) is 0 Å². The summed E-state index contributed by atoms with van der Waals surface area (Å²) in [5.74, 6) is 0.893. The van der Waals surface area contributed by atoms with E-state index in [1.54, 1.807) is 5.57 Å². The van der Waals surface area contributed by atoms with Gasteiger partial charge in [-0.25, -0.2) is 0 Å². The van der Waals surface area contributed by atoms with E-state index in [-0.39, 0.29) is 0 Å². The van der Waals surface area contributed by atoms with Gasteiger partial charge in [-0.2, -0.15) is 0 Å². The monoisotopic (exact) mass is 176 g/mol. The Hall–Kier alpha value is -0.780. The summed E-state index contributed by atoms with van der Waals surface area (Å²) < 4.78 is 0. The smallest absolute Gasteiger partial charge is 0.0277 e. The molecule has 13 heavy (non-hydrogen) atoms. The molecule has 0 N–H and O–H groups in total. The van der Waals surface area contributed by atoms with Gasteiger partial charge in [0, 0.05) is 0 Å². The van der Waals surface area contributed by atoms with Gasteiger partial charge in [-0.15, -0.1) is 0 Å². The van der Waals surface area contributed by atoms with Gasteiger partial charge < -0.3 is 0 Å². The van der Waals surface area contributed by atoms with Gasteiger partial charge >= 0.3 is 0 Å². The summed E-state index contributed by atoms with van der Waals surface area (Å²) in [6.07, 6.45) is 11.4. The SMILES string of the molecule is C=CC=CC1=C(C)CCC(C)CC1. The minimum absolute atomic E-state index is 0.893. The Bertz CT molecular complexity index is 230. The third kappa shape index (κ3) is 3.22. The van der Waals surface area contributed by atoms with Crippen LogP contribution in [-0.2, 0) is 0 Å². The third-order valence-corrected chi connectivity index (χ3v) is 2.90. The largest absolute Gasteiger partial charge is 0.0991 e. The molecule has 72 valence electrons. The summed E-state index contributed by atoms with van der Waals surface area (Å²) in [6.45, 7) is 8.32. The molecule has 0 amide bonds. The van der Waals surface area contributed by atoms with E-state index in [4.69, 9.17) is 0 Å². The topological polar surface area (TPSA) is 0 Å². The number of hydrogen-bond donors (Lipinski definition) is 0. The molecule has 0 saturated carbocycles. The predicted octanol–water partition coefficient (Wildman–Crippen LogP) is 4.26. The zero-order valence-electron chi connectivity index (χ0n) is 8.84. The Kier molecular flexibility index (Phi) is 4.01. The molecule has 1 atom stereocenters. The molecule has 0 heteroatoms. The first-order valence-electron chi connectivity index (χ1n) is 5.21. The molecule has 0 aromatic heterocycles. The summed E-state index contributed by atoms with van der Waals surface area (Å²) in [4.78, 5) is 0. The van der Waals surface area contributed by atoms with Crippen molar-refractivity contribution in [2.24, 2.45) is 5.92 Å². The molecule has 1 aliphatic carbocycles. The van der Waals surface area contributed by atoms with Crippen LogP contribution in [-0.4, -0.2) is 0 Å². The Morgan fingerprint density at radius 2 is 2.00 bits per heavy atom. The van der Waals surface area contributed by atoms with Crippen LogP contribution >= 0.6 is 0 Å². The lowest BCUT2D eigenvalue weighted by atomic mass is 10.0. The number of rotatable bonds is 2. The molecule has 0 spiro atoms. The lowest BCUT2D eigenvalue weighted by molar-refractivity contribution is 0.508. The summed E-state index contributed by atoms with van der Waals surface area (Å²) in [5, 5.41) is 0. The maximum absolute atomic E-state index is 3.70. The second-order valence-electron chi connectivity index (χ2n) is 4.08. The molecule has 0 aromatic rings. The van der Waals surface area contributed by atoms with E-state index in [1.807, 2.05) is 6.08 Å². The van der Waals surface area contributed by atoms with Crippen molar-refractivity contribution in [3.05, 3.63) is 36.0 Å². The van der Waals surface area contributed by atoms with Gasteiger partial charge in [0.05, 0.1) is 0 Å². The second kappa shape index (κ2) is 5.06. The summed E-state index contributed by atoms with van der Waals surface area (Å²) in [6, 6.07) is 0. The molecule has 0 fully saturated rings. The minimum atomic E-state index is 0.893. The molecule has 0 saturated heterocycles. The first-order valence-corrected chi connectivity index (χ1v) is 5.21. The molecular weight excluding hydrogens is 156 g/mol. The van der Waals surface area contributed by atoms with Gasteiger partial charge in [-0.1, -0.05) is 37.3 Å². The number of allylic oxidation sites excluding steroid dienone is 5. The Morgan fingerprint density at radius 1 is 1.31 bits per heavy atom. The van der Waals surface area contributed by atoms with Crippen LogP contribution in [0.15, 0.2) is 36.0 Å². The molecule has 0 aromatic carbocycles. The molecule has 1 unspecified atom stereocenters. The predicted molar refractivity (Wildman–Crippen MR) is 59.7 cm³/mol. The highest BCUT2D eigenvalue weighted by atomic mass is 14.2. The highest BCUT2D eigenvalue weighted by molar-refractivity contribution is 5.27. The fourth-order valence-corrected chi connectivity index (χ4v) is 1.79. The van der Waals surface area contributed by atoms with Crippen molar-refractivity contribution in [2.45, 2.75) is 39.5 Å². The van der Waals surface area contributed by atoms with Gasteiger partial charge in [-0.05, 0) is 44.1 Å². The van der Waals surface area contributed by atoms with E-state index in [1.165, 1.54) is 31.3 Å². The molecular formula is C13H20. The van der Waals surface area contributed by atoms with Crippen molar-refractivity contribution in [3.8, 4) is 0 Å². The van der Waals surface area contributed by atoms with Crippen molar-refractivity contribution in [3.63, 3.8) is 0 Å². The fraction of sp³-hybridized carbons (Fsp3) is 0.538. The molecule has 0 nitrogen and oxygen atoms in total. The van der Waals surface area contributed by atoms with Gasteiger partial charge in [0.15, 0.2) is 0 Å². The molecule has 0 aliphatic heterocycles. The van der Waals surface area contributed by atoms with E-state index >= 15 is 0 Å². The first kappa shape index (κ1) is 10.3. The van der Waals surface area contributed by atoms with Crippen molar-refractivity contribution < 1.29 is 0 Å². The molecule has 1 aliphatic rings. The van der Waals surface area contributed by atoms with Crippen LogP contribution in [0.3, 0.4) is 0 Å². The van der Waals surface area contributed by atoms with Crippen LogP contribution in [0, 0.1) is 5.92 Å². The average molecular weight is 176 g/mol. The van der Waals surface area contributed by atoms with Gasteiger partial charge in [0.25, 0.3) is 0 Å². The maximum Gasteiger partial charge on any atom is -0.0277 e. The van der Waals surface area contributed by atoms with Crippen molar-refractivity contribution in [1.82, 2.24) is 0 Å². The summed E-state index contributed by atoms with van der Waals surface area (Å²) in [5.41, 5.74) is 3.10. The number of hydrogen-bond acceptors (Lipinski definition) is 0. The van der Waals surface area contributed by atoms with Crippen molar-refractivity contribution in [1.29, 1.82) is 0 Å². The summed E-state index contributed by atoms with van der Waals surface area (Å²) >= 11 is 0. The van der Waals surface area contributed by atoms with Crippen molar-refractivity contribution >= 4 is 0 Å². The summed E-state index contributed by atoms with van der Waals surface area (Å²) in [7, 11) is 0. The van der Waals surface area contributed by atoms with E-state index in [2.05, 4.69) is 32.6 Å². The highest BCUT2D eigenvalue weighted by Crippen LogP contribution is 2.27. The third-order valence-electron chi connectivity index (χ3n) is 2.90. The molecule has 1 rings (SSSR count). The minimum Gasteiger partial charge on any atom is -0.0991 e. The van der Waals surface area contributed by atoms with Crippen LogP contribution in [0.25, 0.3) is 0 Å². The fourth-order valence-electron chi connectivity index (χ4n) is 1.79. The Morgan fingerprint density at radius 3 is 2.69 bits per heavy atom. The van der Waals surface area contributed by atoms with Crippen LogP contribution in [0.2, 0.25) is 0 Å². The van der Waals surface area contributed by atoms with E-state index in [9.17, 15) is 0 Å². The van der Waals surface area contributed by atoms with E-state index < -0.39 is 0 Å². The highest BCUT2D eigenvalue weighted by Gasteiger charge is 2.10. The average Bonchev–Trinajstić information content (AvgIpc) is 2.28. The zero-order chi connectivity index (χ0) is 9.68. The normalized spacial score (nSPS) is 24.9. The zero-order valence-corrected chi connectivity index (χ0v) is 8.84. The molecule has 0 radical (unpaired) electrons. The van der Waals surface area contributed by atoms with E-state index in [0.717, 1.165) is 5.92 Å². The quantitative estimate of drug-likeness (QED) is 0.552. The van der Waals surface area contributed by atoms with E-state index in [0.29, 0.717) is 0 Å². The first-order chi connectivity index (χ1) is 6.24.